The Hall–Kier alpha value is -0.790. The molecule has 6 nitrogen and oxygen atoms in total. The molecular formula is C5H11N3O3S. The van der Waals surface area contributed by atoms with Crippen molar-refractivity contribution in [2.75, 3.05) is 0 Å². The lowest BCUT2D eigenvalue weighted by Crippen LogP contribution is -2.55. The molecule has 3 atom stereocenters. The number of nitrogens with two attached hydrogens (primary N) is 3. The minimum absolute atomic E-state index is 0.789. The van der Waals surface area contributed by atoms with Gasteiger partial charge >= 0.3 is 5.97 Å². The van der Waals surface area contributed by atoms with E-state index < -0.39 is 29.2 Å². The molecule has 0 aliphatic carbocycles. The van der Waals surface area contributed by atoms with E-state index in [4.69, 9.17) is 22.3 Å². The van der Waals surface area contributed by atoms with Crippen molar-refractivity contribution >= 4 is 24.5 Å². The number of aliphatic carboxylic acids is 1. The van der Waals surface area contributed by atoms with Crippen LogP contribution in [0.3, 0.4) is 0 Å². The van der Waals surface area contributed by atoms with Gasteiger partial charge in [-0.3, -0.25) is 9.59 Å². The number of thiol groups is 1. The first-order valence-corrected chi connectivity index (χ1v) is 3.61. The molecular weight excluding hydrogens is 182 g/mol. The fraction of sp³-hybridized carbons (Fsp3) is 0.600. The van der Waals surface area contributed by atoms with Crippen LogP contribution in [0.5, 0.6) is 0 Å². The monoisotopic (exact) mass is 193 g/mol. The van der Waals surface area contributed by atoms with Crippen LogP contribution in [-0.2, 0) is 9.59 Å². The van der Waals surface area contributed by atoms with Crippen molar-refractivity contribution < 1.29 is 14.7 Å². The summed E-state index contributed by atoms with van der Waals surface area (Å²) in [6, 6.07) is -2.41. The second kappa shape index (κ2) is 4.29. The average Bonchev–Trinajstić information content (AvgIpc) is 2.00. The van der Waals surface area contributed by atoms with Gasteiger partial charge in [-0.1, -0.05) is 0 Å². The zero-order valence-corrected chi connectivity index (χ0v) is 7.07. The summed E-state index contributed by atoms with van der Waals surface area (Å²) in [6.45, 7) is 0. The predicted molar refractivity (Wildman–Crippen MR) is 45.6 cm³/mol. The number of amides is 1. The van der Waals surface area contributed by atoms with Crippen LogP contribution in [0.4, 0.5) is 0 Å². The topological polar surface area (TPSA) is 132 Å². The lowest BCUT2D eigenvalue weighted by atomic mass is 10.1. The summed E-state index contributed by atoms with van der Waals surface area (Å²) in [6.07, 6.45) is 0. The van der Waals surface area contributed by atoms with Crippen LogP contribution in [0.15, 0.2) is 0 Å². The summed E-state index contributed by atoms with van der Waals surface area (Å²) >= 11 is 3.71. The third-order valence-corrected chi connectivity index (χ3v) is 1.95. The van der Waals surface area contributed by atoms with E-state index in [0.717, 1.165) is 0 Å². The molecule has 0 aromatic heterocycles. The van der Waals surface area contributed by atoms with Crippen LogP contribution >= 0.6 is 12.6 Å². The van der Waals surface area contributed by atoms with Crippen molar-refractivity contribution in [1.82, 2.24) is 0 Å². The fourth-order valence-electron chi connectivity index (χ4n) is 0.551. The van der Waals surface area contributed by atoms with E-state index in [1.165, 1.54) is 0 Å². The summed E-state index contributed by atoms with van der Waals surface area (Å²) in [5, 5.41) is 7.35. The Balaban J connectivity index is 4.28. The smallest absolute Gasteiger partial charge is 0.322 e. The molecule has 0 bridgehead atoms. The van der Waals surface area contributed by atoms with Gasteiger partial charge in [-0.05, 0) is 0 Å². The number of carboxylic acid groups (broad SMARTS) is 1. The Kier molecular flexibility index (Phi) is 4.01. The van der Waals surface area contributed by atoms with Gasteiger partial charge in [0.1, 0.15) is 6.04 Å². The van der Waals surface area contributed by atoms with E-state index in [1.807, 2.05) is 0 Å². The molecule has 0 spiro atoms. The van der Waals surface area contributed by atoms with Gasteiger partial charge in [-0.15, -0.1) is 0 Å². The first-order chi connectivity index (χ1) is 5.37. The first-order valence-electron chi connectivity index (χ1n) is 3.09. The second-order valence-corrected chi connectivity index (χ2v) is 2.84. The Morgan fingerprint density at radius 1 is 1.33 bits per heavy atom. The number of hydrogen-bond acceptors (Lipinski definition) is 5. The summed E-state index contributed by atoms with van der Waals surface area (Å²) in [5.74, 6) is -2.08. The van der Waals surface area contributed by atoms with E-state index in [2.05, 4.69) is 12.6 Å². The van der Waals surface area contributed by atoms with Crippen molar-refractivity contribution in [2.45, 2.75) is 17.3 Å². The van der Waals surface area contributed by atoms with Crippen molar-refractivity contribution in [2.24, 2.45) is 17.2 Å². The Morgan fingerprint density at radius 2 is 1.75 bits per heavy atom. The van der Waals surface area contributed by atoms with Crippen molar-refractivity contribution in [1.29, 1.82) is 0 Å². The maximum atomic E-state index is 10.5. The van der Waals surface area contributed by atoms with Gasteiger partial charge < -0.3 is 22.3 Å². The maximum absolute atomic E-state index is 10.5. The minimum Gasteiger partial charge on any atom is -0.480 e. The molecule has 0 heterocycles. The second-order valence-electron chi connectivity index (χ2n) is 2.29. The molecule has 0 aromatic rings. The molecule has 12 heavy (non-hydrogen) atoms. The molecule has 0 fully saturated rings. The predicted octanol–water partition coefficient (Wildman–Crippen LogP) is -2.49. The fourth-order valence-corrected chi connectivity index (χ4v) is 0.736. The van der Waals surface area contributed by atoms with Gasteiger partial charge in [0, 0.05) is 0 Å². The lowest BCUT2D eigenvalue weighted by Gasteiger charge is -2.19. The quantitative estimate of drug-likeness (QED) is 0.315. The van der Waals surface area contributed by atoms with Crippen LogP contribution in [0.1, 0.15) is 0 Å². The molecule has 3 unspecified atom stereocenters. The van der Waals surface area contributed by atoms with Gasteiger partial charge in [-0.25, -0.2) is 0 Å². The molecule has 7 heteroatoms. The number of rotatable bonds is 4. The Labute approximate surface area is 74.5 Å². The van der Waals surface area contributed by atoms with Crippen LogP contribution in [0, 0.1) is 0 Å². The average molecular weight is 193 g/mol. The van der Waals surface area contributed by atoms with Gasteiger partial charge in [0.2, 0.25) is 5.91 Å². The summed E-state index contributed by atoms with van der Waals surface area (Å²) in [7, 11) is 0. The highest BCUT2D eigenvalue weighted by molar-refractivity contribution is 7.81. The van der Waals surface area contributed by atoms with Crippen molar-refractivity contribution in [3.05, 3.63) is 0 Å². The van der Waals surface area contributed by atoms with E-state index in [-0.39, 0.29) is 0 Å². The molecule has 0 rings (SSSR count). The minimum atomic E-state index is -1.33. The van der Waals surface area contributed by atoms with E-state index in [9.17, 15) is 9.59 Å². The third kappa shape index (κ3) is 2.68. The summed E-state index contributed by atoms with van der Waals surface area (Å²) < 4.78 is 0. The molecule has 0 aliphatic rings. The molecule has 0 saturated carbocycles. The highest BCUT2D eigenvalue weighted by Crippen LogP contribution is 2.02. The van der Waals surface area contributed by atoms with E-state index >= 15 is 0 Å². The van der Waals surface area contributed by atoms with Gasteiger partial charge in [0.05, 0.1) is 11.3 Å². The highest BCUT2D eigenvalue weighted by Gasteiger charge is 2.29. The number of carbonyl (C=O) groups excluding carboxylic acids is 1. The first kappa shape index (κ1) is 11.2. The molecule has 7 N–H and O–H groups in total. The molecule has 1 amide bonds. The van der Waals surface area contributed by atoms with Crippen LogP contribution in [0.2, 0.25) is 0 Å². The number of hydrogen-bond donors (Lipinski definition) is 5. The maximum Gasteiger partial charge on any atom is 0.322 e. The largest absolute Gasteiger partial charge is 0.480 e. The molecule has 0 saturated heterocycles. The Morgan fingerprint density at radius 3 is 2.00 bits per heavy atom. The van der Waals surface area contributed by atoms with Crippen molar-refractivity contribution in [3.8, 4) is 0 Å². The van der Waals surface area contributed by atoms with Gasteiger partial charge in [-0.2, -0.15) is 12.6 Å². The van der Waals surface area contributed by atoms with Crippen LogP contribution in [-0.4, -0.2) is 34.3 Å². The SMILES string of the molecule is NC(=O)C(S)C(N)C(N)C(=O)O. The van der Waals surface area contributed by atoms with Crippen LogP contribution < -0.4 is 17.2 Å². The van der Waals surface area contributed by atoms with Gasteiger partial charge in [0.15, 0.2) is 0 Å². The molecule has 0 aliphatic heterocycles. The van der Waals surface area contributed by atoms with Crippen LogP contribution in [0.25, 0.3) is 0 Å². The summed E-state index contributed by atoms with van der Waals surface area (Å²) in [4.78, 5) is 20.8. The molecule has 0 radical (unpaired) electrons. The lowest BCUT2D eigenvalue weighted by molar-refractivity contribution is -0.139. The molecule has 0 aromatic carbocycles. The normalized spacial score (nSPS) is 17.9. The highest BCUT2D eigenvalue weighted by atomic mass is 32.1. The van der Waals surface area contributed by atoms with Crippen molar-refractivity contribution in [3.63, 3.8) is 0 Å². The molecule has 70 valence electrons. The number of carboxylic acids is 1. The zero-order valence-electron chi connectivity index (χ0n) is 6.18. The zero-order chi connectivity index (χ0) is 9.89. The van der Waals surface area contributed by atoms with E-state index in [1.54, 1.807) is 0 Å². The number of carbonyl (C=O) groups is 2. The number of primary amides is 1. The Bertz CT molecular complexity index is 178. The third-order valence-electron chi connectivity index (χ3n) is 1.36. The van der Waals surface area contributed by atoms with E-state index in [0.29, 0.717) is 0 Å². The summed E-state index contributed by atoms with van der Waals surface area (Å²) in [5.41, 5.74) is 15.2. The van der Waals surface area contributed by atoms with Gasteiger partial charge in [0.25, 0.3) is 0 Å². The standard InChI is InChI=1S/C5H11N3O3S/c6-1(2(7)5(10)11)3(12)4(8)9/h1-3,12H,6-7H2,(H2,8,9)(H,10,11).